The third kappa shape index (κ3) is 8.53. The fraction of sp³-hybridized carbons (Fsp3) is 0.133. The van der Waals surface area contributed by atoms with E-state index in [4.69, 9.17) is 22.5 Å². The molecule has 0 spiro atoms. The summed E-state index contributed by atoms with van der Waals surface area (Å²) in [7, 11) is 0. The molecule has 13 aromatic carbocycles. The summed E-state index contributed by atoms with van der Waals surface area (Å²) < 4.78 is 183. The van der Waals surface area contributed by atoms with Gasteiger partial charge in [-0.25, -0.2) is 0 Å². The Morgan fingerprint density at radius 3 is 1.07 bits per heavy atom. The molecular formula is C90H71BN4O2. The molecular weight excluding hydrogens is 1180 g/mol. The highest BCUT2D eigenvalue weighted by Crippen LogP contribution is 2.52. The zero-order valence-electron chi connectivity index (χ0n) is 72.7. The average Bonchev–Trinajstić information content (AvgIpc) is 1.47. The van der Waals surface area contributed by atoms with Gasteiger partial charge in [-0.05, 0) is 156 Å². The number of fused-ring (bicyclic) bond motifs is 16. The minimum atomic E-state index is -0.731. The Balaban J connectivity index is 0.925. The Hall–Kier alpha value is -11.3. The molecule has 466 valence electrons. The predicted molar refractivity (Wildman–Crippen MR) is 411 cm³/mol. The minimum absolute atomic E-state index is 0.0155. The molecule has 0 saturated heterocycles. The van der Waals surface area contributed by atoms with Crippen LogP contribution in [0.4, 0.5) is 34.1 Å². The maximum atomic E-state index is 9.50. The Kier molecular flexibility index (Phi) is 8.83. The van der Waals surface area contributed by atoms with Gasteiger partial charge in [0.25, 0.3) is 6.71 Å². The van der Waals surface area contributed by atoms with Crippen molar-refractivity contribution < 1.29 is 33.5 Å². The zero-order chi connectivity index (χ0) is 81.2. The molecule has 0 N–H and O–H groups in total. The normalized spacial score (nSPS) is 15.9. The number of furan rings is 2. The van der Waals surface area contributed by atoms with Crippen LogP contribution in [0.15, 0.2) is 275 Å². The van der Waals surface area contributed by atoms with Crippen LogP contribution in [0, 0.1) is 0 Å². The second kappa shape index (κ2) is 20.6. The van der Waals surface area contributed by atoms with Gasteiger partial charge in [0.1, 0.15) is 0 Å². The van der Waals surface area contributed by atoms with Crippen LogP contribution in [0.2, 0.25) is 0 Å². The van der Waals surface area contributed by atoms with Crippen LogP contribution in [-0.4, -0.2) is 15.8 Å². The Morgan fingerprint density at radius 2 is 0.660 bits per heavy atom. The highest BCUT2D eigenvalue weighted by Gasteiger charge is 2.46. The molecule has 2 aliphatic rings. The van der Waals surface area contributed by atoms with Gasteiger partial charge in [-0.3, -0.25) is 0 Å². The monoisotopic (exact) mass is 1270 g/mol. The van der Waals surface area contributed by atoms with Crippen LogP contribution in [0.5, 0.6) is 0 Å². The van der Waals surface area contributed by atoms with Crippen molar-refractivity contribution >= 4 is 145 Å². The third-order valence-electron chi connectivity index (χ3n) is 20.0. The molecule has 0 bridgehead atoms. The number of hydrogen-bond acceptors (Lipinski definition) is 4. The van der Waals surface area contributed by atoms with Crippen molar-refractivity contribution in [1.29, 1.82) is 0 Å². The van der Waals surface area contributed by atoms with E-state index < -0.39 is 121 Å². The molecule has 0 saturated carbocycles. The van der Waals surface area contributed by atoms with Gasteiger partial charge in [-0.15, -0.1) is 0 Å². The van der Waals surface area contributed by atoms with Crippen LogP contribution in [0.1, 0.15) is 104 Å². The first-order valence-corrected chi connectivity index (χ1v) is 32.7. The summed E-state index contributed by atoms with van der Waals surface area (Å²) in [6, 6.07) is 42.9. The largest absolute Gasteiger partial charge is 0.452 e. The first kappa shape index (κ1) is 41.5. The summed E-state index contributed by atoms with van der Waals surface area (Å²) in [4.78, 5) is 4.22. The number of aromatic nitrogens is 2. The second-order valence-corrected chi connectivity index (χ2v) is 28.7. The SMILES string of the molecule is [2H]c1c([2H])c([2H])c(-c2ccc3c(c2)N(c2cccc4c2oc2c(-n5c6ccc(C(C)(C)C)cc6c6cc(C(C)(C)C)ccc65)cccc24)c2cc(C(C)(C)C)cc4c2B3c2ccc(-c3c([2H])c([2H])c([2H])c([2H])c3[2H])cc2N4c2cccc3c2oc2c(-n4c5c([2H])c([2H])c([2H])c([2H])c5c5c([2H])c([2H])c([2H])c([2H])c54)cccc23)c([2H])c1[2H]. The van der Waals surface area contributed by atoms with Crippen LogP contribution in [-0.2, 0) is 16.2 Å². The topological polar surface area (TPSA) is 42.6 Å². The van der Waals surface area contributed by atoms with Crippen molar-refractivity contribution in [2.45, 2.75) is 78.6 Å². The molecule has 0 fully saturated rings. The molecule has 19 rings (SSSR count). The average molecular weight is 1270 g/mol. The minimum Gasteiger partial charge on any atom is -0.452 e. The lowest BCUT2D eigenvalue weighted by Gasteiger charge is -2.45. The van der Waals surface area contributed by atoms with E-state index in [0.717, 1.165) is 49.3 Å². The van der Waals surface area contributed by atoms with E-state index in [1.165, 1.54) is 15.7 Å². The molecule has 7 heteroatoms. The second-order valence-electron chi connectivity index (χ2n) is 28.7. The van der Waals surface area contributed by atoms with E-state index in [2.05, 4.69) is 143 Å². The maximum absolute atomic E-state index is 9.50. The predicted octanol–water partition coefficient (Wildman–Crippen LogP) is 23.0. The maximum Gasteiger partial charge on any atom is 0.252 e. The van der Waals surface area contributed by atoms with Gasteiger partial charge in [-0.2, -0.15) is 0 Å². The van der Waals surface area contributed by atoms with Crippen molar-refractivity contribution in [2.24, 2.45) is 0 Å². The number of anilines is 6. The van der Waals surface area contributed by atoms with Gasteiger partial charge in [0, 0.05) is 65.8 Å². The van der Waals surface area contributed by atoms with Crippen LogP contribution in [0.3, 0.4) is 0 Å². The number of para-hydroxylation sites is 6. The van der Waals surface area contributed by atoms with Crippen molar-refractivity contribution in [3.63, 3.8) is 0 Å². The highest BCUT2D eigenvalue weighted by atomic mass is 16.3. The van der Waals surface area contributed by atoms with Crippen molar-refractivity contribution in [2.75, 3.05) is 9.80 Å². The molecule has 97 heavy (non-hydrogen) atoms. The fourth-order valence-electron chi connectivity index (χ4n) is 15.2. The lowest BCUT2D eigenvalue weighted by molar-refractivity contribution is 0.590. The van der Waals surface area contributed by atoms with Crippen LogP contribution in [0.25, 0.3) is 121 Å². The molecule has 6 heterocycles. The summed E-state index contributed by atoms with van der Waals surface area (Å²) in [6.45, 7) is 18.9. The molecule has 2 aliphatic heterocycles. The summed E-state index contributed by atoms with van der Waals surface area (Å²) in [6.07, 6.45) is 0. The zero-order valence-corrected chi connectivity index (χ0v) is 54.7. The summed E-state index contributed by atoms with van der Waals surface area (Å²) in [5.41, 5.74) is 12.8. The lowest BCUT2D eigenvalue weighted by Crippen LogP contribution is -2.61. The van der Waals surface area contributed by atoms with E-state index in [9.17, 15) is 11.0 Å². The van der Waals surface area contributed by atoms with Crippen molar-refractivity contribution in [3.05, 3.63) is 283 Å². The molecule has 4 aromatic heterocycles. The van der Waals surface area contributed by atoms with Crippen LogP contribution < -0.4 is 26.2 Å². The summed E-state index contributed by atoms with van der Waals surface area (Å²) in [5.74, 6) is 0. The smallest absolute Gasteiger partial charge is 0.252 e. The summed E-state index contributed by atoms with van der Waals surface area (Å²) >= 11 is 0. The Labute approximate surface area is 590 Å². The number of hydrogen-bond donors (Lipinski definition) is 0. The number of rotatable bonds is 6. The van der Waals surface area contributed by atoms with E-state index in [1.54, 1.807) is 24.3 Å². The molecule has 0 unspecified atom stereocenters. The standard InChI is InChI=1S/C90H71BN4O2/c1-88(2,3)58-42-46-73-67(50-58)68-51-59(89(4,5)6)43-47-74(68)93(73)76-37-21-31-64-66-33-23-39-78(87(66)97-85(64)76)95-80-49-57(55-26-14-11-15-27-55)41-45-70(80)91-69-44-40-56(54-24-12-10-13-25-54)48-79(69)94(81-52-60(90(7,8)9)53-82(95)83(81)91)77-38-22-32-65-63-30-20-36-75(84(63)96-86(65)77)92-71-34-18-16-28-61(71)62-29-17-19-35-72(62)92/h10-53H,1-9H3/i10D,11D,12D,13D,14D,15D,16D,17D,18D,19D,24D,25D,26D,27D,28D,29D,34D,35D. The van der Waals surface area contributed by atoms with Crippen LogP contribution >= 0.6 is 0 Å². The first-order chi connectivity index (χ1) is 54.5. The highest BCUT2D eigenvalue weighted by molar-refractivity contribution is 7.00. The third-order valence-corrected chi connectivity index (χ3v) is 20.0. The van der Waals surface area contributed by atoms with Gasteiger partial charge >= 0.3 is 0 Å². The Morgan fingerprint density at radius 1 is 0.289 bits per heavy atom. The van der Waals surface area contributed by atoms with Gasteiger partial charge < -0.3 is 27.8 Å². The van der Waals surface area contributed by atoms with Gasteiger partial charge in [0.05, 0.1) is 69.5 Å². The number of nitrogens with zero attached hydrogens (tertiary/aromatic N) is 4. The molecule has 0 amide bonds. The van der Waals surface area contributed by atoms with E-state index >= 15 is 0 Å². The fourth-order valence-corrected chi connectivity index (χ4v) is 15.2. The lowest BCUT2D eigenvalue weighted by atomic mass is 9.33. The Bertz CT molecular complexity index is 7110. The number of benzene rings is 13. The first-order valence-electron chi connectivity index (χ1n) is 41.7. The van der Waals surface area contributed by atoms with Crippen molar-refractivity contribution in [3.8, 4) is 33.6 Å². The van der Waals surface area contributed by atoms with E-state index in [0.29, 0.717) is 78.1 Å². The van der Waals surface area contributed by atoms with Gasteiger partial charge in [-0.1, -0.05) is 244 Å². The van der Waals surface area contributed by atoms with Gasteiger partial charge in [0.2, 0.25) is 0 Å². The van der Waals surface area contributed by atoms with Crippen molar-refractivity contribution in [1.82, 2.24) is 9.13 Å². The molecule has 0 radical (unpaired) electrons. The summed E-state index contributed by atoms with van der Waals surface area (Å²) in [5, 5.41) is 4.70. The van der Waals surface area contributed by atoms with Gasteiger partial charge in [0.15, 0.2) is 22.3 Å². The quantitative estimate of drug-likeness (QED) is 0.156. The molecule has 0 atom stereocenters. The molecule has 0 aliphatic carbocycles. The molecule has 17 aromatic rings. The molecule has 6 nitrogen and oxygen atoms in total. The van der Waals surface area contributed by atoms with E-state index in [-0.39, 0.29) is 60.6 Å². The van der Waals surface area contributed by atoms with E-state index in [1.807, 2.05) is 66.7 Å².